The third-order valence-electron chi connectivity index (χ3n) is 9.24. The van der Waals surface area contributed by atoms with Crippen LogP contribution in [0.2, 0.25) is 10.0 Å². The van der Waals surface area contributed by atoms with Gasteiger partial charge in [0, 0.05) is 22.5 Å². The van der Waals surface area contributed by atoms with Crippen molar-refractivity contribution in [3.05, 3.63) is 93.0 Å². The first-order valence-corrected chi connectivity index (χ1v) is 19.2. The van der Waals surface area contributed by atoms with Crippen LogP contribution >= 0.6 is 23.2 Å². The number of carbonyl (C=O) groups excluding carboxylic acids is 2. The second kappa shape index (κ2) is 21.7. The van der Waals surface area contributed by atoms with E-state index in [4.69, 9.17) is 56.7 Å². The summed E-state index contributed by atoms with van der Waals surface area (Å²) in [5.41, 5.74) is -2.01. The Bertz CT molecular complexity index is 1860. The Morgan fingerprint density at radius 2 is 1.54 bits per heavy atom. The van der Waals surface area contributed by atoms with Crippen LogP contribution in [0.25, 0.3) is 0 Å². The van der Waals surface area contributed by atoms with Crippen LogP contribution in [0.1, 0.15) is 54.6 Å². The fourth-order valence-corrected chi connectivity index (χ4v) is 7.13. The fourth-order valence-electron chi connectivity index (χ4n) is 6.79. The van der Waals surface area contributed by atoms with Crippen LogP contribution < -0.4 is 15.4 Å². The van der Waals surface area contributed by atoms with E-state index >= 15 is 8.78 Å². The van der Waals surface area contributed by atoms with E-state index in [1.54, 1.807) is 0 Å². The molecule has 0 bridgehead atoms. The van der Waals surface area contributed by atoms with E-state index in [9.17, 15) is 14.9 Å². The number of halogens is 4. The molecule has 57 heavy (non-hydrogen) atoms. The first-order valence-electron chi connectivity index (χ1n) is 18.4. The number of hydrogen-bond acceptors (Lipinski definition) is 11. The Morgan fingerprint density at radius 3 is 2.12 bits per heavy atom. The molecule has 1 aliphatic heterocycles. The van der Waals surface area contributed by atoms with E-state index in [-0.39, 0.29) is 71.2 Å². The molecule has 4 atom stereocenters. The smallest absolute Gasteiger partial charge is 0.338 e. The van der Waals surface area contributed by atoms with Gasteiger partial charge in [-0.2, -0.15) is 5.26 Å². The molecule has 1 saturated heterocycles. The first-order chi connectivity index (χ1) is 27.3. The summed E-state index contributed by atoms with van der Waals surface area (Å²) in [6.45, 7) is 8.31. The van der Waals surface area contributed by atoms with Crippen LogP contribution in [-0.2, 0) is 33.9 Å². The van der Waals surface area contributed by atoms with E-state index in [0.29, 0.717) is 39.5 Å². The summed E-state index contributed by atoms with van der Waals surface area (Å²) in [6.07, 6.45) is 0.295. The van der Waals surface area contributed by atoms with Crippen molar-refractivity contribution >= 4 is 40.8 Å². The Hall–Kier alpha value is -3.91. The van der Waals surface area contributed by atoms with Crippen molar-refractivity contribution in [2.24, 2.45) is 5.41 Å². The highest BCUT2D eigenvalue weighted by atomic mass is 35.5. The molecular formula is C41H49Cl2F2N3O9. The number of methoxy groups -OCH3 is 1. The van der Waals surface area contributed by atoms with Crippen molar-refractivity contribution in [1.29, 1.82) is 5.26 Å². The normalized spacial score (nSPS) is 19.3. The third-order valence-corrected chi connectivity index (χ3v) is 9.77. The lowest BCUT2D eigenvalue weighted by molar-refractivity contribution is -0.118. The highest BCUT2D eigenvalue weighted by Gasteiger charge is 2.61. The van der Waals surface area contributed by atoms with Crippen molar-refractivity contribution in [3.63, 3.8) is 0 Å². The number of benzene rings is 3. The molecule has 0 spiro atoms. The van der Waals surface area contributed by atoms with Gasteiger partial charge in [0.05, 0.1) is 95.0 Å². The fraction of sp³-hybridized carbons (Fsp3) is 0.488. The number of nitriles is 1. The summed E-state index contributed by atoms with van der Waals surface area (Å²) >= 11 is 12.4. The van der Waals surface area contributed by atoms with Gasteiger partial charge in [0.15, 0.2) is 0 Å². The molecule has 3 aromatic carbocycles. The Labute approximate surface area is 341 Å². The van der Waals surface area contributed by atoms with Crippen molar-refractivity contribution in [1.82, 2.24) is 5.32 Å². The van der Waals surface area contributed by atoms with Crippen LogP contribution in [0, 0.1) is 28.4 Å². The van der Waals surface area contributed by atoms with Crippen LogP contribution in [0.5, 0.6) is 5.75 Å². The summed E-state index contributed by atoms with van der Waals surface area (Å²) in [5, 5.41) is 25.7. The standard InChI is InChI=1S/C41H49Cl2F2N3O9/c1-40(2,3)24-34-41(25-46,29-10-9-27(42)23-31(29)44)35(28-6-5-7-30(43)36(28)45)37(48-34)38(50)47-32-11-8-26(22-33(32)52-4)39(51)57-21-20-56-19-18-55-17-16-54-15-14-53-13-12-49/h5-11,22-23,34-35,37,48-49H,12-21,24H2,1-4H3,(H,47,50)/t34-,35-,37+,41-/m0/s1. The lowest BCUT2D eigenvalue weighted by Crippen LogP contribution is -2.45. The zero-order chi connectivity index (χ0) is 41.6. The monoisotopic (exact) mass is 835 g/mol. The maximum atomic E-state index is 16.0. The quantitative estimate of drug-likeness (QED) is 0.0800. The van der Waals surface area contributed by atoms with E-state index in [1.807, 2.05) is 20.8 Å². The van der Waals surface area contributed by atoms with Gasteiger partial charge in [-0.3, -0.25) is 4.79 Å². The number of aliphatic hydroxyl groups excluding tert-OH is 1. The summed E-state index contributed by atoms with van der Waals surface area (Å²) in [7, 11) is 1.36. The molecule has 0 aromatic heterocycles. The molecule has 16 heteroatoms. The Balaban J connectivity index is 1.47. The molecule has 0 unspecified atom stereocenters. The second-order valence-electron chi connectivity index (χ2n) is 14.4. The topological polar surface area (TPSA) is 158 Å². The number of esters is 1. The SMILES string of the molecule is COc1cc(C(=O)OCCOCCOCCOCCOCCO)ccc1NC(=O)[C@@H]1N[C@@H](CC(C)(C)C)[C@](C#N)(c2ccc(Cl)cc2F)[C@H]1c1cccc(Cl)c1F. The maximum Gasteiger partial charge on any atom is 0.338 e. The highest BCUT2D eigenvalue weighted by Crippen LogP contribution is 2.53. The molecule has 0 aliphatic carbocycles. The van der Waals surface area contributed by atoms with Gasteiger partial charge in [0.2, 0.25) is 5.91 Å². The van der Waals surface area contributed by atoms with Gasteiger partial charge in [-0.05, 0) is 53.8 Å². The predicted molar refractivity (Wildman–Crippen MR) is 210 cm³/mol. The van der Waals surface area contributed by atoms with Gasteiger partial charge in [0.25, 0.3) is 0 Å². The molecule has 0 saturated carbocycles. The van der Waals surface area contributed by atoms with E-state index in [1.165, 1.54) is 55.6 Å². The number of carbonyl (C=O) groups is 2. The molecule has 3 N–H and O–H groups in total. The van der Waals surface area contributed by atoms with Crippen molar-refractivity contribution in [3.8, 4) is 11.8 Å². The highest BCUT2D eigenvalue weighted by molar-refractivity contribution is 6.31. The average molecular weight is 837 g/mol. The molecule has 3 aromatic rings. The van der Waals surface area contributed by atoms with Crippen LogP contribution in [0.3, 0.4) is 0 Å². The van der Waals surface area contributed by atoms with E-state index in [2.05, 4.69) is 16.7 Å². The largest absolute Gasteiger partial charge is 0.495 e. The molecule has 1 fully saturated rings. The summed E-state index contributed by atoms with van der Waals surface area (Å²) in [5.74, 6) is -4.10. The van der Waals surface area contributed by atoms with E-state index in [0.717, 1.165) is 6.07 Å². The number of aliphatic hydroxyl groups is 1. The summed E-state index contributed by atoms with van der Waals surface area (Å²) in [6, 6.07) is 12.7. The van der Waals surface area contributed by atoms with Crippen LogP contribution in [0.4, 0.5) is 14.5 Å². The molecule has 12 nitrogen and oxygen atoms in total. The lowest BCUT2D eigenvalue weighted by atomic mass is 9.62. The zero-order valence-electron chi connectivity index (χ0n) is 32.4. The van der Waals surface area contributed by atoms with Gasteiger partial charge in [0.1, 0.15) is 29.4 Å². The molecule has 1 aliphatic rings. The number of ether oxygens (including phenoxy) is 6. The van der Waals surface area contributed by atoms with Crippen LogP contribution in [-0.4, -0.2) is 102 Å². The zero-order valence-corrected chi connectivity index (χ0v) is 33.9. The van der Waals surface area contributed by atoms with E-state index < -0.39 is 52.3 Å². The molecule has 1 amide bonds. The van der Waals surface area contributed by atoms with Crippen molar-refractivity contribution < 1.29 is 51.9 Å². The van der Waals surface area contributed by atoms with Crippen LogP contribution in [0.15, 0.2) is 54.6 Å². The lowest BCUT2D eigenvalue weighted by Gasteiger charge is -2.37. The Morgan fingerprint density at radius 1 is 0.912 bits per heavy atom. The second-order valence-corrected chi connectivity index (χ2v) is 15.2. The average Bonchev–Trinajstić information content (AvgIpc) is 3.48. The maximum absolute atomic E-state index is 16.0. The molecule has 4 rings (SSSR count). The van der Waals surface area contributed by atoms with Gasteiger partial charge in [-0.25, -0.2) is 13.6 Å². The molecule has 310 valence electrons. The number of nitrogens with zero attached hydrogens (tertiary/aromatic N) is 1. The first kappa shape index (κ1) is 45.8. The number of amides is 1. The molecular weight excluding hydrogens is 787 g/mol. The minimum absolute atomic E-state index is 0.0318. The number of nitrogens with one attached hydrogen (secondary N) is 2. The summed E-state index contributed by atoms with van der Waals surface area (Å²) in [4.78, 5) is 27.3. The third kappa shape index (κ3) is 12.1. The minimum Gasteiger partial charge on any atom is -0.495 e. The predicted octanol–water partition coefficient (Wildman–Crippen LogP) is 6.46. The number of anilines is 1. The Kier molecular flexibility index (Phi) is 17.5. The van der Waals surface area contributed by atoms with Gasteiger partial charge in [-0.1, -0.05) is 62.2 Å². The summed E-state index contributed by atoms with van der Waals surface area (Å²) < 4.78 is 64.2. The number of rotatable bonds is 21. The minimum atomic E-state index is -1.81. The van der Waals surface area contributed by atoms with Crippen molar-refractivity contribution in [2.75, 3.05) is 78.5 Å². The molecule has 1 heterocycles. The van der Waals surface area contributed by atoms with Gasteiger partial charge < -0.3 is 44.2 Å². The van der Waals surface area contributed by atoms with Crippen molar-refractivity contribution in [2.45, 2.75) is 50.6 Å². The van der Waals surface area contributed by atoms with Gasteiger partial charge in [-0.15, -0.1) is 0 Å². The molecule has 0 radical (unpaired) electrons. The number of hydrogen-bond donors (Lipinski definition) is 3. The van der Waals surface area contributed by atoms with Gasteiger partial charge >= 0.3 is 5.97 Å².